The Kier molecular flexibility index (Phi) is 4.42. The Labute approximate surface area is 116 Å². The van der Waals surface area contributed by atoms with Crippen LogP contribution in [0.15, 0.2) is 18.5 Å². The van der Waals surface area contributed by atoms with Gasteiger partial charge in [0.15, 0.2) is 0 Å². The first kappa shape index (κ1) is 14.3. The van der Waals surface area contributed by atoms with Gasteiger partial charge in [0.05, 0.1) is 12.8 Å². The Morgan fingerprint density at radius 2 is 2.05 bits per heavy atom. The van der Waals surface area contributed by atoms with Crippen LogP contribution >= 0.6 is 0 Å². The number of likely N-dealkylation sites (tertiary alicyclic amines) is 1. The summed E-state index contributed by atoms with van der Waals surface area (Å²) in [6.45, 7) is 9.34. The number of pyridine rings is 1. The van der Waals surface area contributed by atoms with E-state index in [9.17, 15) is 0 Å². The molecule has 0 saturated carbocycles. The summed E-state index contributed by atoms with van der Waals surface area (Å²) in [4.78, 5) is 6.72. The lowest BCUT2D eigenvalue weighted by molar-refractivity contribution is 0.124. The van der Waals surface area contributed by atoms with Crippen molar-refractivity contribution in [3.05, 3.63) is 24.0 Å². The standard InChI is InChI=1S/C15H25N3O/c1-4-19-13-9-12(10-17-11-13)14(16)15(2,3)18-7-5-6-8-18/h9-11,14H,4-8,16H2,1-3H3. The van der Waals surface area contributed by atoms with E-state index in [0.717, 1.165) is 24.4 Å². The molecule has 0 spiro atoms. The quantitative estimate of drug-likeness (QED) is 0.886. The van der Waals surface area contributed by atoms with E-state index in [1.165, 1.54) is 12.8 Å². The lowest BCUT2D eigenvalue weighted by atomic mass is 9.88. The van der Waals surface area contributed by atoms with Gasteiger partial charge in [0.2, 0.25) is 0 Å². The van der Waals surface area contributed by atoms with Gasteiger partial charge in [-0.25, -0.2) is 0 Å². The van der Waals surface area contributed by atoms with Crippen LogP contribution in [0.1, 0.15) is 45.2 Å². The molecule has 0 bridgehead atoms. The van der Waals surface area contributed by atoms with Crippen molar-refractivity contribution in [1.29, 1.82) is 0 Å². The van der Waals surface area contributed by atoms with E-state index in [4.69, 9.17) is 10.5 Å². The van der Waals surface area contributed by atoms with E-state index in [1.807, 2.05) is 19.2 Å². The van der Waals surface area contributed by atoms with E-state index < -0.39 is 0 Å². The molecular weight excluding hydrogens is 238 g/mol. The molecule has 4 nitrogen and oxygen atoms in total. The minimum absolute atomic E-state index is 0.0526. The van der Waals surface area contributed by atoms with Gasteiger partial charge in [0, 0.05) is 17.8 Å². The van der Waals surface area contributed by atoms with E-state index in [-0.39, 0.29) is 11.6 Å². The molecule has 0 radical (unpaired) electrons. The molecular formula is C15H25N3O. The number of hydrogen-bond donors (Lipinski definition) is 1. The van der Waals surface area contributed by atoms with E-state index in [1.54, 1.807) is 6.20 Å². The second-order valence-electron chi connectivity index (χ2n) is 5.71. The fraction of sp³-hybridized carbons (Fsp3) is 0.667. The van der Waals surface area contributed by atoms with E-state index in [2.05, 4.69) is 23.7 Å². The average molecular weight is 263 g/mol. The van der Waals surface area contributed by atoms with Crippen LogP contribution < -0.4 is 10.5 Å². The zero-order valence-electron chi connectivity index (χ0n) is 12.2. The summed E-state index contributed by atoms with van der Waals surface area (Å²) in [6.07, 6.45) is 6.13. The van der Waals surface area contributed by atoms with Crippen molar-refractivity contribution in [3.8, 4) is 5.75 Å². The van der Waals surface area contributed by atoms with Gasteiger partial charge in [-0.1, -0.05) is 0 Å². The van der Waals surface area contributed by atoms with Crippen LogP contribution in [0.3, 0.4) is 0 Å². The molecule has 1 aliphatic rings. The van der Waals surface area contributed by atoms with Gasteiger partial charge in [-0.3, -0.25) is 9.88 Å². The lowest BCUT2D eigenvalue weighted by Gasteiger charge is -2.40. The van der Waals surface area contributed by atoms with E-state index in [0.29, 0.717) is 6.61 Å². The topological polar surface area (TPSA) is 51.4 Å². The monoisotopic (exact) mass is 263 g/mol. The SMILES string of the molecule is CCOc1cncc(C(N)C(C)(C)N2CCCC2)c1. The fourth-order valence-electron chi connectivity index (χ4n) is 2.75. The van der Waals surface area contributed by atoms with Gasteiger partial charge < -0.3 is 10.5 Å². The third-order valence-corrected chi connectivity index (χ3v) is 4.09. The number of rotatable bonds is 5. The first-order valence-corrected chi connectivity index (χ1v) is 7.14. The van der Waals surface area contributed by atoms with Crippen molar-refractivity contribution in [3.63, 3.8) is 0 Å². The molecule has 0 amide bonds. The summed E-state index contributed by atoms with van der Waals surface area (Å²) in [7, 11) is 0. The largest absolute Gasteiger partial charge is 0.492 e. The molecule has 4 heteroatoms. The predicted molar refractivity (Wildman–Crippen MR) is 77.2 cm³/mol. The molecule has 1 aromatic heterocycles. The number of nitrogens with zero attached hydrogens (tertiary/aromatic N) is 2. The molecule has 2 N–H and O–H groups in total. The zero-order chi connectivity index (χ0) is 13.9. The van der Waals surface area contributed by atoms with Crippen LogP contribution in [-0.4, -0.2) is 35.1 Å². The average Bonchev–Trinajstić information content (AvgIpc) is 2.93. The normalized spacial score (nSPS) is 18.5. The summed E-state index contributed by atoms with van der Waals surface area (Å²) in [5, 5.41) is 0. The van der Waals surface area contributed by atoms with Crippen LogP contribution in [-0.2, 0) is 0 Å². The highest BCUT2D eigenvalue weighted by molar-refractivity contribution is 5.28. The molecule has 1 saturated heterocycles. The van der Waals surface area contributed by atoms with Gasteiger partial charge in [0.1, 0.15) is 5.75 Å². The van der Waals surface area contributed by atoms with Crippen LogP contribution in [0.5, 0.6) is 5.75 Å². The van der Waals surface area contributed by atoms with Crippen LogP contribution in [0.4, 0.5) is 0 Å². The maximum absolute atomic E-state index is 6.48. The summed E-state index contributed by atoms with van der Waals surface area (Å²) in [5.74, 6) is 0.799. The first-order valence-electron chi connectivity index (χ1n) is 7.14. The molecule has 106 valence electrons. The van der Waals surface area contributed by atoms with Crippen molar-refractivity contribution in [2.75, 3.05) is 19.7 Å². The Bertz CT molecular complexity index is 414. The first-order chi connectivity index (χ1) is 9.05. The van der Waals surface area contributed by atoms with Crippen LogP contribution in [0, 0.1) is 0 Å². The number of hydrogen-bond acceptors (Lipinski definition) is 4. The molecule has 1 aliphatic heterocycles. The highest BCUT2D eigenvalue weighted by Gasteiger charge is 2.35. The summed E-state index contributed by atoms with van der Waals surface area (Å²) in [5.41, 5.74) is 7.47. The predicted octanol–water partition coefficient (Wildman–Crippen LogP) is 2.35. The maximum Gasteiger partial charge on any atom is 0.137 e. The zero-order valence-corrected chi connectivity index (χ0v) is 12.2. The molecule has 0 aromatic carbocycles. The van der Waals surface area contributed by atoms with Crippen LogP contribution in [0.25, 0.3) is 0 Å². The van der Waals surface area contributed by atoms with Crippen molar-refractivity contribution in [2.24, 2.45) is 5.73 Å². The third-order valence-electron chi connectivity index (χ3n) is 4.09. The lowest BCUT2D eigenvalue weighted by Crippen LogP contribution is -2.49. The maximum atomic E-state index is 6.48. The summed E-state index contributed by atoms with van der Waals surface area (Å²) in [6, 6.07) is 1.96. The molecule has 1 unspecified atom stereocenters. The van der Waals surface area contributed by atoms with Crippen molar-refractivity contribution in [1.82, 2.24) is 9.88 Å². The van der Waals surface area contributed by atoms with Gasteiger partial charge >= 0.3 is 0 Å². The summed E-state index contributed by atoms with van der Waals surface area (Å²) < 4.78 is 5.50. The van der Waals surface area contributed by atoms with Gasteiger partial charge in [-0.2, -0.15) is 0 Å². The highest BCUT2D eigenvalue weighted by Crippen LogP contribution is 2.32. The van der Waals surface area contributed by atoms with Gasteiger partial charge in [0.25, 0.3) is 0 Å². The second-order valence-corrected chi connectivity index (χ2v) is 5.71. The number of nitrogens with two attached hydrogens (primary N) is 1. The molecule has 19 heavy (non-hydrogen) atoms. The fourth-order valence-corrected chi connectivity index (χ4v) is 2.75. The van der Waals surface area contributed by atoms with Crippen molar-refractivity contribution < 1.29 is 4.74 Å². The van der Waals surface area contributed by atoms with Gasteiger partial charge in [-0.05, 0) is 58.3 Å². The molecule has 2 rings (SSSR count). The minimum Gasteiger partial charge on any atom is -0.492 e. The number of ether oxygens (including phenoxy) is 1. The Morgan fingerprint density at radius 1 is 1.37 bits per heavy atom. The Balaban J connectivity index is 2.17. The van der Waals surface area contributed by atoms with Crippen molar-refractivity contribution in [2.45, 2.75) is 45.2 Å². The minimum atomic E-state index is -0.0569. The number of aromatic nitrogens is 1. The second kappa shape index (κ2) is 5.88. The van der Waals surface area contributed by atoms with Crippen molar-refractivity contribution >= 4 is 0 Å². The molecule has 2 heterocycles. The Hall–Kier alpha value is -1.13. The van der Waals surface area contributed by atoms with Crippen LogP contribution in [0.2, 0.25) is 0 Å². The molecule has 1 atom stereocenters. The molecule has 1 aromatic rings. The molecule has 0 aliphatic carbocycles. The summed E-state index contributed by atoms with van der Waals surface area (Å²) >= 11 is 0. The smallest absolute Gasteiger partial charge is 0.137 e. The molecule has 1 fully saturated rings. The van der Waals surface area contributed by atoms with Gasteiger partial charge in [-0.15, -0.1) is 0 Å². The Morgan fingerprint density at radius 3 is 2.68 bits per heavy atom. The highest BCUT2D eigenvalue weighted by atomic mass is 16.5. The van der Waals surface area contributed by atoms with E-state index >= 15 is 0 Å². The third kappa shape index (κ3) is 3.07.